The van der Waals surface area contributed by atoms with Crippen molar-refractivity contribution in [2.24, 2.45) is 5.92 Å². The molecule has 2 nitrogen and oxygen atoms in total. The van der Waals surface area contributed by atoms with Crippen LogP contribution in [-0.4, -0.2) is 11.1 Å². The summed E-state index contributed by atoms with van der Waals surface area (Å²) in [6, 6.07) is 0. The summed E-state index contributed by atoms with van der Waals surface area (Å²) in [5.74, 6) is 0.213. The SMILES string of the molecule is CC.CC(=O)O.CC1CCCC1. The van der Waals surface area contributed by atoms with Crippen LogP contribution in [0.15, 0.2) is 0 Å². The molecule has 1 N–H and O–H groups in total. The number of carboxylic acid groups (broad SMARTS) is 1. The van der Waals surface area contributed by atoms with Gasteiger partial charge in [0.2, 0.25) is 0 Å². The lowest BCUT2D eigenvalue weighted by molar-refractivity contribution is -0.134. The minimum absolute atomic E-state index is 0.833. The van der Waals surface area contributed by atoms with Crippen LogP contribution in [0.5, 0.6) is 0 Å². The fraction of sp³-hybridized carbons (Fsp3) is 0.900. The van der Waals surface area contributed by atoms with Gasteiger partial charge in [0.25, 0.3) is 5.97 Å². The Morgan fingerprint density at radius 2 is 1.50 bits per heavy atom. The van der Waals surface area contributed by atoms with Crippen LogP contribution in [0.4, 0.5) is 0 Å². The van der Waals surface area contributed by atoms with E-state index in [1.807, 2.05) is 13.8 Å². The standard InChI is InChI=1S/C6H12.C2H4O2.C2H6/c1-6-4-2-3-5-6;1-2(3)4;1-2/h6H,2-5H2,1H3;1H3,(H,3,4);1-2H3. The van der Waals surface area contributed by atoms with Crippen molar-refractivity contribution in [3.8, 4) is 0 Å². The van der Waals surface area contributed by atoms with Crippen LogP contribution in [0.2, 0.25) is 0 Å². The predicted molar refractivity (Wildman–Crippen MR) is 52.3 cm³/mol. The van der Waals surface area contributed by atoms with Crippen molar-refractivity contribution in [1.82, 2.24) is 0 Å². The summed E-state index contributed by atoms with van der Waals surface area (Å²) < 4.78 is 0. The van der Waals surface area contributed by atoms with Crippen molar-refractivity contribution in [3.63, 3.8) is 0 Å². The molecule has 0 spiro atoms. The maximum absolute atomic E-state index is 9.00. The lowest BCUT2D eigenvalue weighted by Crippen LogP contribution is -1.78. The topological polar surface area (TPSA) is 37.3 Å². The molecule has 1 aliphatic rings. The Morgan fingerprint density at radius 1 is 1.25 bits per heavy atom. The summed E-state index contributed by atoms with van der Waals surface area (Å²) in [4.78, 5) is 9.00. The summed E-state index contributed by atoms with van der Waals surface area (Å²) in [6.07, 6.45) is 5.95. The zero-order valence-electron chi connectivity index (χ0n) is 8.76. The summed E-state index contributed by atoms with van der Waals surface area (Å²) in [7, 11) is 0. The van der Waals surface area contributed by atoms with Crippen molar-refractivity contribution in [2.75, 3.05) is 0 Å². The van der Waals surface area contributed by atoms with Gasteiger partial charge in [0.05, 0.1) is 0 Å². The molecule has 1 rings (SSSR count). The van der Waals surface area contributed by atoms with Gasteiger partial charge in [0.1, 0.15) is 0 Å². The van der Waals surface area contributed by atoms with E-state index in [1.54, 1.807) is 0 Å². The smallest absolute Gasteiger partial charge is 0.300 e. The second kappa shape index (κ2) is 10.5. The van der Waals surface area contributed by atoms with Crippen molar-refractivity contribution < 1.29 is 9.90 Å². The largest absolute Gasteiger partial charge is 0.481 e. The van der Waals surface area contributed by atoms with Gasteiger partial charge in [-0.15, -0.1) is 0 Å². The van der Waals surface area contributed by atoms with Gasteiger partial charge in [-0.05, 0) is 5.92 Å². The molecule has 0 heterocycles. The molecule has 0 amide bonds. The third-order valence-corrected chi connectivity index (χ3v) is 1.64. The Hall–Kier alpha value is -0.530. The molecule has 0 unspecified atom stereocenters. The number of aliphatic carboxylic acids is 1. The van der Waals surface area contributed by atoms with E-state index in [0.717, 1.165) is 12.8 Å². The van der Waals surface area contributed by atoms with Crippen LogP contribution in [-0.2, 0) is 4.79 Å². The molecular formula is C10H22O2. The first-order chi connectivity index (χ1) is 5.63. The van der Waals surface area contributed by atoms with E-state index in [9.17, 15) is 0 Å². The molecule has 0 aromatic rings. The van der Waals surface area contributed by atoms with Crippen molar-refractivity contribution in [3.05, 3.63) is 0 Å². The van der Waals surface area contributed by atoms with Crippen LogP contribution in [0, 0.1) is 5.92 Å². The van der Waals surface area contributed by atoms with Crippen LogP contribution in [0.1, 0.15) is 53.4 Å². The fourth-order valence-electron chi connectivity index (χ4n) is 1.13. The first-order valence-electron chi connectivity index (χ1n) is 4.82. The Kier molecular flexibility index (Phi) is 12.2. The van der Waals surface area contributed by atoms with Gasteiger partial charge in [0, 0.05) is 6.92 Å². The number of carboxylic acids is 1. The zero-order chi connectivity index (χ0) is 9.98. The second-order valence-corrected chi connectivity index (χ2v) is 2.91. The van der Waals surface area contributed by atoms with Crippen molar-refractivity contribution >= 4 is 5.97 Å². The average molecular weight is 174 g/mol. The highest BCUT2D eigenvalue weighted by Gasteiger charge is 2.07. The number of carbonyl (C=O) groups is 1. The van der Waals surface area contributed by atoms with Gasteiger partial charge < -0.3 is 5.11 Å². The second-order valence-electron chi connectivity index (χ2n) is 2.91. The van der Waals surface area contributed by atoms with Crippen LogP contribution in [0.3, 0.4) is 0 Å². The summed E-state index contributed by atoms with van der Waals surface area (Å²) in [6.45, 7) is 7.42. The highest BCUT2D eigenvalue weighted by atomic mass is 16.4. The number of hydrogen-bond donors (Lipinski definition) is 1. The maximum Gasteiger partial charge on any atom is 0.300 e. The molecule has 0 aromatic heterocycles. The van der Waals surface area contributed by atoms with Gasteiger partial charge in [-0.25, -0.2) is 0 Å². The number of hydrogen-bond acceptors (Lipinski definition) is 1. The molecule has 0 aromatic carbocycles. The Labute approximate surface area is 76.0 Å². The first kappa shape index (κ1) is 14.0. The third-order valence-electron chi connectivity index (χ3n) is 1.64. The fourth-order valence-corrected chi connectivity index (χ4v) is 1.13. The van der Waals surface area contributed by atoms with Gasteiger partial charge in [-0.2, -0.15) is 0 Å². The van der Waals surface area contributed by atoms with E-state index >= 15 is 0 Å². The van der Waals surface area contributed by atoms with E-state index in [2.05, 4.69) is 6.92 Å². The highest BCUT2D eigenvalue weighted by Crippen LogP contribution is 2.22. The third kappa shape index (κ3) is 16.2. The summed E-state index contributed by atoms with van der Waals surface area (Å²) in [5.41, 5.74) is 0. The van der Waals surface area contributed by atoms with Gasteiger partial charge in [-0.1, -0.05) is 46.5 Å². The molecule has 1 fully saturated rings. The minimum atomic E-state index is -0.833. The molecule has 0 atom stereocenters. The Bertz CT molecular complexity index is 90.0. The molecule has 0 saturated heterocycles. The average Bonchev–Trinajstić information content (AvgIpc) is 2.43. The van der Waals surface area contributed by atoms with E-state index < -0.39 is 5.97 Å². The maximum atomic E-state index is 9.00. The van der Waals surface area contributed by atoms with Gasteiger partial charge >= 0.3 is 0 Å². The molecular weight excluding hydrogens is 152 g/mol. The molecule has 1 saturated carbocycles. The lowest BCUT2D eigenvalue weighted by atomic mass is 10.2. The zero-order valence-corrected chi connectivity index (χ0v) is 8.76. The minimum Gasteiger partial charge on any atom is -0.481 e. The lowest BCUT2D eigenvalue weighted by Gasteiger charge is -1.91. The predicted octanol–water partition coefficient (Wildman–Crippen LogP) is 3.31. The molecule has 12 heavy (non-hydrogen) atoms. The highest BCUT2D eigenvalue weighted by molar-refractivity contribution is 5.62. The quantitative estimate of drug-likeness (QED) is 0.611. The van der Waals surface area contributed by atoms with Crippen LogP contribution < -0.4 is 0 Å². The van der Waals surface area contributed by atoms with E-state index in [4.69, 9.17) is 9.90 Å². The summed E-state index contributed by atoms with van der Waals surface area (Å²) >= 11 is 0. The molecule has 0 radical (unpaired) electrons. The molecule has 2 heteroatoms. The van der Waals surface area contributed by atoms with Gasteiger partial charge in [0.15, 0.2) is 0 Å². The van der Waals surface area contributed by atoms with Gasteiger partial charge in [-0.3, -0.25) is 4.79 Å². The first-order valence-corrected chi connectivity index (χ1v) is 4.82. The molecule has 1 aliphatic carbocycles. The Morgan fingerprint density at radius 3 is 1.58 bits per heavy atom. The monoisotopic (exact) mass is 174 g/mol. The molecule has 74 valence electrons. The molecule has 0 aliphatic heterocycles. The van der Waals surface area contributed by atoms with Crippen molar-refractivity contribution in [1.29, 1.82) is 0 Å². The Balaban J connectivity index is 0. The number of rotatable bonds is 0. The van der Waals surface area contributed by atoms with Crippen molar-refractivity contribution in [2.45, 2.75) is 53.4 Å². The van der Waals surface area contributed by atoms with Crippen LogP contribution >= 0.6 is 0 Å². The van der Waals surface area contributed by atoms with E-state index in [0.29, 0.717) is 0 Å². The summed E-state index contributed by atoms with van der Waals surface area (Å²) in [5, 5.41) is 7.42. The molecule has 0 bridgehead atoms. The normalized spacial score (nSPS) is 15.3. The van der Waals surface area contributed by atoms with E-state index in [1.165, 1.54) is 25.7 Å². The van der Waals surface area contributed by atoms with Crippen LogP contribution in [0.25, 0.3) is 0 Å². The van der Waals surface area contributed by atoms with E-state index in [-0.39, 0.29) is 0 Å².